The Kier molecular flexibility index (Phi) is 6.70. The van der Waals surface area contributed by atoms with Crippen LogP contribution in [0.4, 0.5) is 16.4 Å². The first-order chi connectivity index (χ1) is 17.1. The molecule has 1 aromatic heterocycles. The number of rotatable bonds is 5. The highest BCUT2D eigenvalue weighted by atomic mass is 16.5. The van der Waals surface area contributed by atoms with Crippen LogP contribution in [0.15, 0.2) is 48.5 Å². The monoisotopic (exact) mass is 473 g/mol. The second-order valence-electron chi connectivity index (χ2n) is 9.05. The summed E-state index contributed by atoms with van der Waals surface area (Å²) in [5, 5.41) is 2.97. The van der Waals surface area contributed by atoms with Crippen LogP contribution < -0.4 is 19.7 Å². The van der Waals surface area contributed by atoms with Crippen molar-refractivity contribution in [2.24, 2.45) is 0 Å². The molecule has 35 heavy (non-hydrogen) atoms. The molecule has 182 valence electrons. The molecule has 0 bridgehead atoms. The number of methoxy groups -OCH3 is 1. The van der Waals surface area contributed by atoms with Gasteiger partial charge in [-0.2, -0.15) is 4.98 Å². The molecule has 0 atom stereocenters. The van der Waals surface area contributed by atoms with E-state index in [0.717, 1.165) is 54.4 Å². The summed E-state index contributed by atoms with van der Waals surface area (Å²) in [4.78, 5) is 26.9. The van der Waals surface area contributed by atoms with Crippen molar-refractivity contribution in [1.29, 1.82) is 0 Å². The molecule has 3 heterocycles. The van der Waals surface area contributed by atoms with E-state index in [1.807, 2.05) is 49.4 Å². The molecule has 1 saturated heterocycles. The number of hydrogen-bond acceptors (Lipinski definition) is 6. The van der Waals surface area contributed by atoms with Gasteiger partial charge in [-0.15, -0.1) is 0 Å². The number of carbonyl (C=O) groups is 1. The van der Waals surface area contributed by atoms with E-state index in [2.05, 4.69) is 10.2 Å². The molecule has 3 aromatic rings. The van der Waals surface area contributed by atoms with Crippen LogP contribution in [0.25, 0.3) is 0 Å². The quantitative estimate of drug-likeness (QED) is 0.551. The van der Waals surface area contributed by atoms with E-state index >= 15 is 0 Å². The minimum Gasteiger partial charge on any atom is -0.497 e. The number of ether oxygens (including phenoxy) is 2. The number of benzene rings is 2. The van der Waals surface area contributed by atoms with Crippen molar-refractivity contribution in [2.75, 3.05) is 37.0 Å². The number of nitrogens with one attached hydrogen (secondary N) is 1. The van der Waals surface area contributed by atoms with Crippen LogP contribution in [-0.4, -0.2) is 47.6 Å². The molecule has 0 unspecified atom stereocenters. The predicted molar refractivity (Wildman–Crippen MR) is 135 cm³/mol. The minimum absolute atomic E-state index is 0.176. The number of anilines is 2. The summed E-state index contributed by atoms with van der Waals surface area (Å²) >= 11 is 0. The largest absolute Gasteiger partial charge is 0.497 e. The van der Waals surface area contributed by atoms with Crippen LogP contribution in [0.3, 0.4) is 0 Å². The van der Waals surface area contributed by atoms with Crippen LogP contribution in [0, 0.1) is 6.92 Å². The van der Waals surface area contributed by atoms with E-state index in [9.17, 15) is 4.79 Å². The maximum atomic E-state index is 13.1. The third-order valence-electron chi connectivity index (χ3n) is 6.49. The van der Waals surface area contributed by atoms with E-state index in [0.29, 0.717) is 36.8 Å². The molecule has 0 saturated carbocycles. The topological polar surface area (TPSA) is 79.8 Å². The van der Waals surface area contributed by atoms with Gasteiger partial charge in [0.25, 0.3) is 0 Å². The normalized spacial score (nSPS) is 15.4. The van der Waals surface area contributed by atoms with Crippen molar-refractivity contribution in [1.82, 2.24) is 14.9 Å². The number of amides is 2. The van der Waals surface area contributed by atoms with Crippen molar-refractivity contribution in [3.8, 4) is 17.4 Å². The highest BCUT2D eigenvalue weighted by Crippen LogP contribution is 2.32. The Hall–Kier alpha value is -3.81. The Morgan fingerprint density at radius 3 is 2.54 bits per heavy atom. The van der Waals surface area contributed by atoms with Crippen molar-refractivity contribution >= 4 is 17.7 Å². The van der Waals surface area contributed by atoms with Gasteiger partial charge in [0.15, 0.2) is 0 Å². The Bertz CT molecular complexity index is 1190. The summed E-state index contributed by atoms with van der Waals surface area (Å²) in [7, 11) is 1.61. The number of aromatic nitrogens is 2. The molecule has 2 aliphatic rings. The minimum atomic E-state index is -0.176. The molecule has 8 nitrogen and oxygen atoms in total. The van der Waals surface area contributed by atoms with Gasteiger partial charge in [-0.3, -0.25) is 0 Å². The van der Waals surface area contributed by atoms with Gasteiger partial charge in [0, 0.05) is 37.8 Å². The Labute approximate surface area is 205 Å². The lowest BCUT2D eigenvalue weighted by atomic mass is 10.1. The third-order valence-corrected chi connectivity index (χ3v) is 6.49. The van der Waals surface area contributed by atoms with Gasteiger partial charge < -0.3 is 24.6 Å². The molecule has 0 aliphatic carbocycles. The van der Waals surface area contributed by atoms with E-state index in [1.165, 1.54) is 6.42 Å². The molecule has 2 aromatic carbocycles. The van der Waals surface area contributed by atoms with Crippen molar-refractivity contribution in [3.05, 3.63) is 65.4 Å². The van der Waals surface area contributed by atoms with Crippen LogP contribution in [-0.2, 0) is 13.0 Å². The van der Waals surface area contributed by atoms with Gasteiger partial charge in [0.05, 0.1) is 24.9 Å². The average molecular weight is 474 g/mol. The Morgan fingerprint density at radius 1 is 0.971 bits per heavy atom. The molecule has 1 fully saturated rings. The van der Waals surface area contributed by atoms with Crippen LogP contribution in [0.5, 0.6) is 17.4 Å². The zero-order valence-electron chi connectivity index (χ0n) is 20.3. The summed E-state index contributed by atoms with van der Waals surface area (Å²) in [6, 6.07) is 15.1. The van der Waals surface area contributed by atoms with E-state index < -0.39 is 0 Å². The molecular formula is C27H31N5O3. The first-order valence-corrected chi connectivity index (χ1v) is 12.2. The van der Waals surface area contributed by atoms with Crippen LogP contribution in [0.2, 0.25) is 0 Å². The number of urea groups is 1. The van der Waals surface area contributed by atoms with Gasteiger partial charge in [-0.05, 0) is 50.5 Å². The highest BCUT2D eigenvalue weighted by Gasteiger charge is 2.28. The highest BCUT2D eigenvalue weighted by molar-refractivity contribution is 5.89. The zero-order chi connectivity index (χ0) is 24.2. The molecule has 2 amide bonds. The Morgan fingerprint density at radius 2 is 1.77 bits per heavy atom. The number of aryl methyl sites for hydroxylation is 1. The maximum absolute atomic E-state index is 13.1. The third kappa shape index (κ3) is 5.31. The SMILES string of the molecule is COc1cccc(NC(=O)N2CCc3nc(N4CCCCC4)nc(Oc4ccc(C)cc4)c3C2)c1. The fourth-order valence-electron chi connectivity index (χ4n) is 4.49. The van der Waals surface area contributed by atoms with Gasteiger partial charge in [-0.25, -0.2) is 9.78 Å². The smallest absolute Gasteiger partial charge is 0.322 e. The van der Waals surface area contributed by atoms with E-state index in [4.69, 9.17) is 19.4 Å². The summed E-state index contributed by atoms with van der Waals surface area (Å²) in [6.45, 7) is 4.91. The van der Waals surface area contributed by atoms with Crippen LogP contribution in [0.1, 0.15) is 36.1 Å². The van der Waals surface area contributed by atoms with Crippen LogP contribution >= 0.6 is 0 Å². The molecule has 0 radical (unpaired) electrons. The number of fused-ring (bicyclic) bond motifs is 1. The molecular weight excluding hydrogens is 442 g/mol. The zero-order valence-corrected chi connectivity index (χ0v) is 20.3. The number of nitrogens with zero attached hydrogens (tertiary/aromatic N) is 4. The fraction of sp³-hybridized carbons (Fsp3) is 0.370. The molecule has 2 aliphatic heterocycles. The standard InChI is InChI=1S/C27H31N5O3/c1-19-9-11-21(12-10-19)35-25-23-18-32(27(33)28-20-7-6-8-22(17-20)34-2)16-13-24(23)29-26(30-25)31-14-4-3-5-15-31/h6-12,17H,3-5,13-16,18H2,1-2H3,(H,28,33). The summed E-state index contributed by atoms with van der Waals surface area (Å²) in [6.07, 6.45) is 4.18. The second kappa shape index (κ2) is 10.2. The van der Waals surface area contributed by atoms with Gasteiger partial charge in [-0.1, -0.05) is 23.8 Å². The van der Waals surface area contributed by atoms with Gasteiger partial charge in [0.2, 0.25) is 11.8 Å². The summed E-state index contributed by atoms with van der Waals surface area (Å²) in [5.41, 5.74) is 3.66. The maximum Gasteiger partial charge on any atom is 0.322 e. The summed E-state index contributed by atoms with van der Waals surface area (Å²) < 4.78 is 11.6. The van der Waals surface area contributed by atoms with Gasteiger partial charge >= 0.3 is 6.03 Å². The molecule has 5 rings (SSSR count). The summed E-state index contributed by atoms with van der Waals surface area (Å²) in [5.74, 6) is 2.66. The first-order valence-electron chi connectivity index (χ1n) is 12.2. The van der Waals surface area contributed by atoms with Gasteiger partial charge in [0.1, 0.15) is 11.5 Å². The fourth-order valence-corrected chi connectivity index (χ4v) is 4.49. The Balaban J connectivity index is 1.41. The van der Waals surface area contributed by atoms with Crippen molar-refractivity contribution in [2.45, 2.75) is 39.2 Å². The predicted octanol–water partition coefficient (Wildman–Crippen LogP) is 5.17. The first kappa shape index (κ1) is 23.0. The van der Waals surface area contributed by atoms with Crippen molar-refractivity contribution < 1.29 is 14.3 Å². The van der Waals surface area contributed by atoms with E-state index in [-0.39, 0.29) is 6.03 Å². The number of carbonyl (C=O) groups excluding carboxylic acids is 1. The number of hydrogen-bond donors (Lipinski definition) is 1. The number of piperidine rings is 1. The lowest BCUT2D eigenvalue weighted by Gasteiger charge is -2.32. The molecule has 1 N–H and O–H groups in total. The lowest BCUT2D eigenvalue weighted by molar-refractivity contribution is 0.205. The van der Waals surface area contributed by atoms with Crippen molar-refractivity contribution in [3.63, 3.8) is 0 Å². The molecule has 8 heteroatoms. The lowest BCUT2D eigenvalue weighted by Crippen LogP contribution is -2.40. The average Bonchev–Trinajstić information content (AvgIpc) is 2.90. The second-order valence-corrected chi connectivity index (χ2v) is 9.05. The van der Waals surface area contributed by atoms with E-state index in [1.54, 1.807) is 18.1 Å². The molecule has 0 spiro atoms.